The number of nitrogens with zero attached hydrogens (tertiary/aromatic N) is 3. The monoisotopic (exact) mass is 374 g/mol. The Morgan fingerprint density at radius 3 is 2.64 bits per heavy atom. The number of halogens is 2. The number of hydrogen-bond acceptors (Lipinski definition) is 3. The fraction of sp³-hybridized carbons (Fsp3) is 0.368. The second-order valence-corrected chi connectivity index (χ2v) is 7.53. The molecule has 0 radical (unpaired) electrons. The van der Waals surface area contributed by atoms with Crippen molar-refractivity contribution in [2.45, 2.75) is 45.1 Å². The van der Waals surface area contributed by atoms with Crippen molar-refractivity contribution in [2.24, 2.45) is 0 Å². The zero-order valence-electron chi connectivity index (χ0n) is 14.1. The standard InChI is InChI=1S/C19H20Cl2N4/c1-11-7-8-14(20)13(9-11)15-16-18(22)23-10-24-19(16)25(17(15)21)12-5-3-2-4-6-12/h7-10,12H,2-6H2,1H3,(H2,22,23,24). The van der Waals surface area contributed by atoms with Gasteiger partial charge in [0.05, 0.1) is 5.39 Å². The van der Waals surface area contributed by atoms with Gasteiger partial charge in [0, 0.05) is 22.2 Å². The number of nitrogens with two attached hydrogens (primary N) is 1. The summed E-state index contributed by atoms with van der Waals surface area (Å²) in [4.78, 5) is 8.72. The second-order valence-electron chi connectivity index (χ2n) is 6.77. The van der Waals surface area contributed by atoms with Gasteiger partial charge < -0.3 is 10.3 Å². The summed E-state index contributed by atoms with van der Waals surface area (Å²) >= 11 is 13.4. The van der Waals surface area contributed by atoms with Gasteiger partial charge >= 0.3 is 0 Å². The van der Waals surface area contributed by atoms with Gasteiger partial charge in [-0.3, -0.25) is 0 Å². The summed E-state index contributed by atoms with van der Waals surface area (Å²) in [5.41, 5.74) is 9.87. The molecule has 2 heterocycles. The van der Waals surface area contributed by atoms with Crippen molar-refractivity contribution in [1.82, 2.24) is 14.5 Å². The highest BCUT2D eigenvalue weighted by molar-refractivity contribution is 6.38. The topological polar surface area (TPSA) is 56.7 Å². The maximum atomic E-state index is 6.90. The molecular weight excluding hydrogens is 355 g/mol. The molecule has 2 N–H and O–H groups in total. The van der Waals surface area contributed by atoms with Crippen LogP contribution in [-0.4, -0.2) is 14.5 Å². The number of aromatic nitrogens is 3. The first kappa shape index (κ1) is 16.7. The molecule has 0 bridgehead atoms. The third-order valence-corrected chi connectivity index (χ3v) is 5.78. The van der Waals surface area contributed by atoms with Crippen LogP contribution in [0.4, 0.5) is 5.82 Å². The first-order valence-corrected chi connectivity index (χ1v) is 9.40. The molecular formula is C19H20Cl2N4. The number of hydrogen-bond donors (Lipinski definition) is 1. The Morgan fingerprint density at radius 1 is 1.12 bits per heavy atom. The van der Waals surface area contributed by atoms with E-state index < -0.39 is 0 Å². The molecule has 1 fully saturated rings. The highest BCUT2D eigenvalue weighted by atomic mass is 35.5. The van der Waals surface area contributed by atoms with Crippen LogP contribution in [0.2, 0.25) is 10.2 Å². The molecule has 4 rings (SSSR count). The van der Waals surface area contributed by atoms with E-state index in [1.807, 2.05) is 25.1 Å². The van der Waals surface area contributed by atoms with Gasteiger partial charge in [-0.15, -0.1) is 0 Å². The van der Waals surface area contributed by atoms with Crippen LogP contribution in [0.1, 0.15) is 43.7 Å². The predicted octanol–water partition coefficient (Wildman–Crippen LogP) is 5.80. The van der Waals surface area contributed by atoms with Crippen LogP contribution < -0.4 is 5.73 Å². The lowest BCUT2D eigenvalue weighted by molar-refractivity contribution is 0.360. The van der Waals surface area contributed by atoms with E-state index in [0.29, 0.717) is 22.0 Å². The van der Waals surface area contributed by atoms with Gasteiger partial charge in [0.15, 0.2) is 0 Å². The Hall–Kier alpha value is -1.78. The van der Waals surface area contributed by atoms with Gasteiger partial charge in [-0.25, -0.2) is 9.97 Å². The highest BCUT2D eigenvalue weighted by Gasteiger charge is 2.27. The number of benzene rings is 1. The Labute approximate surface area is 157 Å². The quantitative estimate of drug-likeness (QED) is 0.616. The Morgan fingerprint density at radius 2 is 1.88 bits per heavy atom. The normalized spacial score (nSPS) is 15.8. The van der Waals surface area contributed by atoms with Crippen LogP contribution in [0.15, 0.2) is 24.5 Å². The highest BCUT2D eigenvalue weighted by Crippen LogP contribution is 2.45. The molecule has 0 saturated heterocycles. The number of rotatable bonds is 2. The fourth-order valence-corrected chi connectivity index (χ4v) is 4.50. The minimum Gasteiger partial charge on any atom is -0.383 e. The Bertz CT molecular complexity index is 942. The molecule has 3 aromatic rings. The predicted molar refractivity (Wildman–Crippen MR) is 104 cm³/mol. The number of anilines is 1. The second kappa shape index (κ2) is 6.50. The van der Waals surface area contributed by atoms with Crippen LogP contribution in [0.3, 0.4) is 0 Å². The van der Waals surface area contributed by atoms with E-state index in [2.05, 4.69) is 14.5 Å². The van der Waals surface area contributed by atoms with Gasteiger partial charge in [0.2, 0.25) is 0 Å². The third kappa shape index (κ3) is 2.77. The van der Waals surface area contributed by atoms with Crippen molar-refractivity contribution < 1.29 is 0 Å². The van der Waals surface area contributed by atoms with E-state index in [1.54, 1.807) is 0 Å². The van der Waals surface area contributed by atoms with Crippen LogP contribution in [0, 0.1) is 6.92 Å². The summed E-state index contributed by atoms with van der Waals surface area (Å²) < 4.78 is 2.14. The smallest absolute Gasteiger partial charge is 0.147 e. The van der Waals surface area contributed by atoms with E-state index in [1.165, 1.54) is 25.6 Å². The molecule has 1 aromatic carbocycles. The van der Waals surface area contributed by atoms with Crippen molar-refractivity contribution in [2.75, 3.05) is 5.73 Å². The maximum Gasteiger partial charge on any atom is 0.147 e. The summed E-state index contributed by atoms with van der Waals surface area (Å²) in [5.74, 6) is 0.439. The number of aryl methyl sites for hydroxylation is 1. The van der Waals surface area contributed by atoms with Crippen LogP contribution in [0.5, 0.6) is 0 Å². The zero-order valence-corrected chi connectivity index (χ0v) is 15.6. The van der Waals surface area contributed by atoms with Crippen LogP contribution in [0.25, 0.3) is 22.2 Å². The van der Waals surface area contributed by atoms with Gasteiger partial charge in [0.1, 0.15) is 22.9 Å². The molecule has 4 nitrogen and oxygen atoms in total. The van der Waals surface area contributed by atoms with E-state index in [0.717, 1.165) is 40.6 Å². The molecule has 0 unspecified atom stereocenters. The molecule has 2 aromatic heterocycles. The van der Waals surface area contributed by atoms with Crippen molar-refractivity contribution in [3.63, 3.8) is 0 Å². The van der Waals surface area contributed by atoms with Crippen molar-refractivity contribution in [1.29, 1.82) is 0 Å². The van der Waals surface area contributed by atoms with Gasteiger partial charge in [-0.05, 0) is 31.9 Å². The van der Waals surface area contributed by atoms with Crippen LogP contribution in [-0.2, 0) is 0 Å². The Balaban J connectivity index is 2.04. The molecule has 130 valence electrons. The lowest BCUT2D eigenvalue weighted by Crippen LogP contribution is -2.13. The van der Waals surface area contributed by atoms with E-state index in [9.17, 15) is 0 Å². The molecule has 25 heavy (non-hydrogen) atoms. The van der Waals surface area contributed by atoms with E-state index in [-0.39, 0.29) is 0 Å². The zero-order chi connectivity index (χ0) is 17.6. The molecule has 1 saturated carbocycles. The SMILES string of the molecule is Cc1ccc(Cl)c(-c2c(Cl)n(C3CCCCC3)c3ncnc(N)c23)c1. The van der Waals surface area contributed by atoms with Gasteiger partial charge in [-0.1, -0.05) is 54.1 Å². The Kier molecular flexibility index (Phi) is 4.34. The average molecular weight is 375 g/mol. The molecule has 1 aliphatic carbocycles. The minimum atomic E-state index is 0.343. The summed E-state index contributed by atoms with van der Waals surface area (Å²) in [7, 11) is 0. The van der Waals surface area contributed by atoms with Crippen molar-refractivity contribution >= 4 is 40.1 Å². The largest absolute Gasteiger partial charge is 0.383 e. The van der Waals surface area contributed by atoms with Crippen molar-refractivity contribution in [3.8, 4) is 11.1 Å². The van der Waals surface area contributed by atoms with Crippen molar-refractivity contribution in [3.05, 3.63) is 40.3 Å². The lowest BCUT2D eigenvalue weighted by atomic mass is 9.95. The molecule has 6 heteroatoms. The molecule has 0 amide bonds. The molecule has 1 aliphatic rings. The number of nitrogen functional groups attached to an aromatic ring is 1. The molecule has 0 atom stereocenters. The first-order chi connectivity index (χ1) is 12.1. The first-order valence-electron chi connectivity index (χ1n) is 8.64. The molecule has 0 aliphatic heterocycles. The van der Waals surface area contributed by atoms with E-state index in [4.69, 9.17) is 28.9 Å². The fourth-order valence-electron chi connectivity index (χ4n) is 3.88. The van der Waals surface area contributed by atoms with Gasteiger partial charge in [0.25, 0.3) is 0 Å². The average Bonchev–Trinajstić information content (AvgIpc) is 2.91. The molecule has 0 spiro atoms. The van der Waals surface area contributed by atoms with Crippen LogP contribution >= 0.6 is 23.2 Å². The lowest BCUT2D eigenvalue weighted by Gasteiger charge is -2.24. The minimum absolute atomic E-state index is 0.343. The summed E-state index contributed by atoms with van der Waals surface area (Å²) in [6.45, 7) is 2.04. The van der Waals surface area contributed by atoms with E-state index >= 15 is 0 Å². The summed E-state index contributed by atoms with van der Waals surface area (Å²) in [5, 5.41) is 2.10. The summed E-state index contributed by atoms with van der Waals surface area (Å²) in [6, 6.07) is 6.27. The van der Waals surface area contributed by atoms with Gasteiger partial charge in [-0.2, -0.15) is 0 Å². The third-order valence-electron chi connectivity index (χ3n) is 5.08. The number of fused-ring (bicyclic) bond motifs is 1. The maximum absolute atomic E-state index is 6.90. The summed E-state index contributed by atoms with van der Waals surface area (Å²) in [6.07, 6.45) is 7.42.